The van der Waals surface area contributed by atoms with Crippen molar-refractivity contribution in [3.63, 3.8) is 0 Å². The summed E-state index contributed by atoms with van der Waals surface area (Å²) in [6, 6.07) is 6.50. The van der Waals surface area contributed by atoms with Crippen LogP contribution in [-0.4, -0.2) is 47.3 Å². The van der Waals surface area contributed by atoms with Gasteiger partial charge < -0.3 is 21.5 Å². The number of nitrogens with zero attached hydrogens (tertiary/aromatic N) is 2. The number of hydrogen-bond acceptors (Lipinski definition) is 8. The van der Waals surface area contributed by atoms with Crippen LogP contribution in [0.3, 0.4) is 0 Å². The van der Waals surface area contributed by atoms with E-state index in [9.17, 15) is 18.3 Å². The van der Waals surface area contributed by atoms with Crippen LogP contribution in [0.4, 0.5) is 17.3 Å². The molecule has 1 aromatic heterocycles. The Morgan fingerprint density at radius 2 is 1.88 bits per heavy atom. The molecule has 1 heterocycles. The van der Waals surface area contributed by atoms with Crippen molar-refractivity contribution in [2.75, 3.05) is 16.9 Å². The van der Waals surface area contributed by atoms with Gasteiger partial charge in [0, 0.05) is 18.0 Å². The Balaban J connectivity index is 1.48. The van der Waals surface area contributed by atoms with E-state index in [1.54, 1.807) is 12.1 Å². The molecule has 4 aliphatic rings. The van der Waals surface area contributed by atoms with E-state index < -0.39 is 21.3 Å². The normalized spacial score (nSPS) is 29.7. The summed E-state index contributed by atoms with van der Waals surface area (Å²) in [7, 11) is -3.40. The van der Waals surface area contributed by atoms with Gasteiger partial charge in [-0.25, -0.2) is 18.4 Å². The molecule has 2 unspecified atom stereocenters. The summed E-state index contributed by atoms with van der Waals surface area (Å²) in [5.41, 5.74) is 6.20. The van der Waals surface area contributed by atoms with Crippen LogP contribution in [0.15, 0.2) is 29.2 Å². The number of carbonyl (C=O) groups is 1. The summed E-state index contributed by atoms with van der Waals surface area (Å²) in [5, 5.41) is 17.6. The highest BCUT2D eigenvalue weighted by molar-refractivity contribution is 7.90. The molecule has 1 aromatic carbocycles. The molecule has 2 atom stereocenters. The Morgan fingerprint density at radius 1 is 1.18 bits per heavy atom. The summed E-state index contributed by atoms with van der Waals surface area (Å²) in [6.07, 6.45) is 6.43. The molecule has 0 aliphatic heterocycles. The van der Waals surface area contributed by atoms with Gasteiger partial charge in [-0.2, -0.15) is 0 Å². The second-order valence-electron chi connectivity index (χ2n) is 10.2. The molecule has 9 nitrogen and oxygen atoms in total. The van der Waals surface area contributed by atoms with Gasteiger partial charge in [0.2, 0.25) is 0 Å². The van der Waals surface area contributed by atoms with Crippen LogP contribution in [0.1, 0.15) is 55.2 Å². The first-order valence-corrected chi connectivity index (χ1v) is 13.7. The maximum atomic E-state index is 12.2. The number of anilines is 3. The summed E-state index contributed by atoms with van der Waals surface area (Å²) >= 11 is 0. The number of nitrogens with one attached hydrogen (secondary N) is 2. The largest absolute Gasteiger partial charge is 0.390 e. The molecule has 2 aromatic rings. The van der Waals surface area contributed by atoms with E-state index in [1.165, 1.54) is 12.1 Å². The van der Waals surface area contributed by atoms with Crippen molar-refractivity contribution >= 4 is 33.1 Å². The summed E-state index contributed by atoms with van der Waals surface area (Å²) in [5.74, 6) is 1.41. The van der Waals surface area contributed by atoms with E-state index in [4.69, 9.17) is 10.7 Å². The van der Waals surface area contributed by atoms with Gasteiger partial charge in [-0.15, -0.1) is 0 Å². The fraction of sp³-hybridized carbons (Fsp3) is 0.542. The highest BCUT2D eigenvalue weighted by atomic mass is 32.2. The van der Waals surface area contributed by atoms with Gasteiger partial charge in [0.15, 0.2) is 27.2 Å². The Bertz CT molecular complexity index is 1230. The second kappa shape index (κ2) is 8.20. The Hall–Kier alpha value is -2.72. The number of sulfone groups is 1. The van der Waals surface area contributed by atoms with E-state index in [0.717, 1.165) is 38.4 Å². The minimum atomic E-state index is -3.40. The zero-order valence-electron chi connectivity index (χ0n) is 19.4. The fourth-order valence-electron chi connectivity index (χ4n) is 6.41. The molecule has 4 bridgehead atoms. The van der Waals surface area contributed by atoms with Gasteiger partial charge in [-0.05, 0) is 74.5 Å². The molecule has 0 radical (unpaired) electrons. The number of amides is 1. The first kappa shape index (κ1) is 23.0. The number of primary amides is 1. The molecule has 34 heavy (non-hydrogen) atoms. The number of carbonyl (C=O) groups excluding carboxylic acids is 1. The first-order valence-electron chi connectivity index (χ1n) is 11.8. The number of rotatable bonds is 7. The number of nitrogens with two attached hydrogens (primary N) is 1. The summed E-state index contributed by atoms with van der Waals surface area (Å²) in [4.78, 5) is 21.6. The standard InChI is InChI=1S/C24H31N5O4S/c1-3-18-22(28-19-14-7-13-8-15(19)12-24(31,10-13)11-14)29-23(20(27-18)21(25)30)26-16-5-4-6-17(9-16)34(2,32)33/h4-6,9,13-15,19,31H,3,7-8,10-12H2,1-2H3,(H2,25,30)(H2,26,28,29). The monoisotopic (exact) mass is 485 g/mol. The number of hydrogen-bond donors (Lipinski definition) is 4. The molecule has 10 heteroatoms. The average molecular weight is 486 g/mol. The minimum absolute atomic E-state index is 0.00607. The third-order valence-corrected chi connectivity index (χ3v) is 8.72. The predicted molar refractivity (Wildman–Crippen MR) is 129 cm³/mol. The quantitative estimate of drug-likeness (QED) is 0.468. The van der Waals surface area contributed by atoms with Crippen molar-refractivity contribution in [2.45, 2.75) is 62.0 Å². The van der Waals surface area contributed by atoms with Gasteiger partial charge in [0.1, 0.15) is 0 Å². The van der Waals surface area contributed by atoms with Gasteiger partial charge in [0.05, 0.1) is 16.2 Å². The zero-order chi connectivity index (χ0) is 24.3. The molecule has 5 N–H and O–H groups in total. The van der Waals surface area contributed by atoms with Crippen molar-refractivity contribution < 1.29 is 18.3 Å². The molecule has 4 aliphatic carbocycles. The highest BCUT2D eigenvalue weighted by Gasteiger charge is 2.54. The van der Waals surface area contributed by atoms with Crippen LogP contribution in [0.25, 0.3) is 0 Å². The molecule has 1 amide bonds. The molecule has 0 spiro atoms. The smallest absolute Gasteiger partial charge is 0.271 e. The molecule has 6 rings (SSSR count). The lowest BCUT2D eigenvalue weighted by molar-refractivity contribution is -0.129. The van der Waals surface area contributed by atoms with Crippen LogP contribution in [0.5, 0.6) is 0 Å². The van der Waals surface area contributed by atoms with Crippen molar-refractivity contribution in [1.29, 1.82) is 0 Å². The average Bonchev–Trinajstić information content (AvgIpc) is 2.74. The van der Waals surface area contributed by atoms with Gasteiger partial charge in [0.25, 0.3) is 5.91 Å². The number of aliphatic hydroxyl groups is 1. The van der Waals surface area contributed by atoms with E-state index in [1.807, 2.05) is 6.92 Å². The zero-order valence-corrected chi connectivity index (χ0v) is 20.2. The van der Waals surface area contributed by atoms with Crippen LogP contribution in [-0.2, 0) is 16.3 Å². The topological polar surface area (TPSA) is 147 Å². The molecule has 4 saturated carbocycles. The molecular weight excluding hydrogens is 454 g/mol. The van der Waals surface area contributed by atoms with Crippen molar-refractivity contribution in [3.05, 3.63) is 35.7 Å². The van der Waals surface area contributed by atoms with Crippen LogP contribution in [0.2, 0.25) is 0 Å². The lowest BCUT2D eigenvalue weighted by Gasteiger charge is -2.58. The van der Waals surface area contributed by atoms with E-state index >= 15 is 0 Å². The van der Waals surface area contributed by atoms with Crippen LogP contribution in [0, 0.1) is 17.8 Å². The minimum Gasteiger partial charge on any atom is -0.390 e. The lowest BCUT2D eigenvalue weighted by Crippen LogP contribution is -2.59. The van der Waals surface area contributed by atoms with Gasteiger partial charge in [-0.3, -0.25) is 4.79 Å². The number of aryl methyl sites for hydroxylation is 1. The van der Waals surface area contributed by atoms with Crippen molar-refractivity contribution in [2.24, 2.45) is 23.5 Å². The maximum Gasteiger partial charge on any atom is 0.271 e. The van der Waals surface area contributed by atoms with E-state index in [-0.39, 0.29) is 22.4 Å². The Labute approximate surface area is 199 Å². The Morgan fingerprint density at radius 3 is 2.47 bits per heavy atom. The van der Waals surface area contributed by atoms with E-state index in [0.29, 0.717) is 41.4 Å². The van der Waals surface area contributed by atoms with Gasteiger partial charge in [-0.1, -0.05) is 13.0 Å². The second-order valence-corrected chi connectivity index (χ2v) is 12.2. The van der Waals surface area contributed by atoms with Crippen molar-refractivity contribution in [1.82, 2.24) is 9.97 Å². The van der Waals surface area contributed by atoms with Crippen LogP contribution >= 0.6 is 0 Å². The molecular formula is C24H31N5O4S. The number of aromatic nitrogens is 2. The molecule has 0 saturated heterocycles. The maximum absolute atomic E-state index is 12.2. The summed E-state index contributed by atoms with van der Waals surface area (Å²) < 4.78 is 23.9. The van der Waals surface area contributed by atoms with Gasteiger partial charge >= 0.3 is 0 Å². The predicted octanol–water partition coefficient (Wildman–Crippen LogP) is 2.64. The number of benzene rings is 1. The SMILES string of the molecule is CCc1nc(C(N)=O)c(Nc2cccc(S(C)(=O)=O)c2)nc1NC1C2CC3CC1CC(O)(C3)C2. The van der Waals surface area contributed by atoms with Crippen LogP contribution < -0.4 is 16.4 Å². The third-order valence-electron chi connectivity index (χ3n) is 7.61. The molecule has 182 valence electrons. The Kier molecular flexibility index (Phi) is 5.55. The highest BCUT2D eigenvalue weighted by Crippen LogP contribution is 2.56. The fourth-order valence-corrected chi connectivity index (χ4v) is 7.07. The summed E-state index contributed by atoms with van der Waals surface area (Å²) in [6.45, 7) is 1.95. The third kappa shape index (κ3) is 4.24. The lowest BCUT2D eigenvalue weighted by atomic mass is 9.52. The first-order chi connectivity index (χ1) is 16.0. The van der Waals surface area contributed by atoms with Crippen molar-refractivity contribution in [3.8, 4) is 0 Å². The molecule has 4 fully saturated rings. The van der Waals surface area contributed by atoms with E-state index in [2.05, 4.69) is 15.6 Å².